The number of amides is 2. The molecule has 0 aliphatic heterocycles. The molecule has 2 aromatic carbocycles. The molecule has 0 radical (unpaired) electrons. The van der Waals surface area contributed by atoms with Crippen molar-refractivity contribution in [1.82, 2.24) is 10.6 Å². The number of carbonyl (C=O) groups is 3. The average molecular weight is 461 g/mol. The van der Waals surface area contributed by atoms with Crippen LogP contribution in [0.2, 0.25) is 0 Å². The Balaban J connectivity index is 0.00000512. The Kier molecular flexibility index (Phi) is 13.0. The van der Waals surface area contributed by atoms with Gasteiger partial charge in [-0.1, -0.05) is 85.8 Å². The highest BCUT2D eigenvalue weighted by Gasteiger charge is 2.26. The van der Waals surface area contributed by atoms with E-state index in [1.54, 1.807) is 0 Å². The molecular weight excluding hydrogens is 424 g/mol. The van der Waals surface area contributed by atoms with Gasteiger partial charge in [-0.15, -0.1) is 0 Å². The molecule has 4 N–H and O–H groups in total. The molecule has 2 aromatic rings. The minimum atomic E-state index is -0.597. The van der Waals surface area contributed by atoms with E-state index in [0.717, 1.165) is 35.7 Å². The van der Waals surface area contributed by atoms with Crippen LogP contribution in [0, 0.1) is 0 Å². The van der Waals surface area contributed by atoms with Gasteiger partial charge in [0.15, 0.2) is 5.12 Å². The van der Waals surface area contributed by atoms with Gasteiger partial charge in [0.2, 0.25) is 11.8 Å². The van der Waals surface area contributed by atoms with E-state index in [1.165, 1.54) is 6.92 Å². The molecule has 0 saturated heterocycles. The summed E-state index contributed by atoms with van der Waals surface area (Å²) in [6, 6.07) is 19.2. The molecule has 0 heterocycles. The molecule has 2 amide bonds. The Morgan fingerprint density at radius 1 is 0.875 bits per heavy atom. The lowest BCUT2D eigenvalue weighted by molar-refractivity contribution is -0.129. The van der Waals surface area contributed by atoms with Crippen molar-refractivity contribution in [2.75, 3.05) is 6.54 Å². The third-order valence-electron chi connectivity index (χ3n) is 4.90. The van der Waals surface area contributed by atoms with Gasteiger partial charge in [-0.05, 0) is 36.8 Å². The van der Waals surface area contributed by atoms with Gasteiger partial charge in [0.25, 0.3) is 0 Å². The van der Waals surface area contributed by atoms with E-state index in [1.807, 2.05) is 67.6 Å². The smallest absolute Gasteiger partial charge is 0.242 e. The number of rotatable bonds is 12. The Labute approximate surface area is 196 Å². The first kappa shape index (κ1) is 27.4. The molecule has 0 fully saturated rings. The Morgan fingerprint density at radius 3 is 1.97 bits per heavy atom. The van der Waals surface area contributed by atoms with E-state index in [0.29, 0.717) is 25.8 Å². The summed E-state index contributed by atoms with van der Waals surface area (Å²) in [6.07, 6.45) is 3.29. The lowest BCUT2D eigenvalue weighted by Gasteiger charge is -2.21. The second kappa shape index (κ2) is 15.2. The Hall–Kier alpha value is -2.64. The molecule has 0 saturated carbocycles. The van der Waals surface area contributed by atoms with Crippen LogP contribution in [-0.4, -0.2) is 40.2 Å². The fourth-order valence-electron chi connectivity index (χ4n) is 3.31. The van der Waals surface area contributed by atoms with E-state index in [2.05, 4.69) is 10.6 Å². The van der Waals surface area contributed by atoms with Crippen molar-refractivity contribution in [3.05, 3.63) is 71.8 Å². The number of hydrogen-bond acceptors (Lipinski definition) is 4. The van der Waals surface area contributed by atoms with Gasteiger partial charge < -0.3 is 16.1 Å². The van der Waals surface area contributed by atoms with Crippen molar-refractivity contribution in [2.24, 2.45) is 0 Å². The van der Waals surface area contributed by atoms with Gasteiger partial charge in [0.1, 0.15) is 6.04 Å². The zero-order valence-electron chi connectivity index (χ0n) is 18.8. The van der Waals surface area contributed by atoms with Crippen LogP contribution in [-0.2, 0) is 27.2 Å². The van der Waals surface area contributed by atoms with Crippen LogP contribution in [0.4, 0.5) is 0 Å². The van der Waals surface area contributed by atoms with E-state index >= 15 is 0 Å². The molecule has 0 spiro atoms. The molecule has 6 nitrogen and oxygen atoms in total. The summed E-state index contributed by atoms with van der Waals surface area (Å²) in [5.74, 6) is -0.437. The summed E-state index contributed by atoms with van der Waals surface area (Å²) in [6.45, 7) is 3.96. The van der Waals surface area contributed by atoms with Gasteiger partial charge in [-0.3, -0.25) is 14.4 Å². The summed E-state index contributed by atoms with van der Waals surface area (Å²) < 4.78 is 0. The Bertz CT molecular complexity index is 837. The second-order valence-corrected chi connectivity index (χ2v) is 8.88. The molecule has 7 heteroatoms. The first-order chi connectivity index (χ1) is 15.0. The van der Waals surface area contributed by atoms with Gasteiger partial charge >= 0.3 is 0 Å². The summed E-state index contributed by atoms with van der Waals surface area (Å²) in [5.41, 5.74) is 2.27. The third kappa shape index (κ3) is 10.1. The van der Waals surface area contributed by atoms with Gasteiger partial charge in [0, 0.05) is 14.9 Å². The van der Waals surface area contributed by atoms with Crippen molar-refractivity contribution in [3.8, 4) is 0 Å². The van der Waals surface area contributed by atoms with Crippen molar-refractivity contribution in [2.45, 2.75) is 57.2 Å². The molecule has 2 rings (SSSR count). The zero-order chi connectivity index (χ0) is 22.5. The summed E-state index contributed by atoms with van der Waals surface area (Å²) >= 11 is 1.03. The number of benzene rings is 2. The maximum Gasteiger partial charge on any atom is 0.242 e. The van der Waals surface area contributed by atoms with Crippen LogP contribution >= 0.6 is 11.8 Å². The molecule has 0 bridgehead atoms. The first-order valence-corrected chi connectivity index (χ1v) is 11.7. The third-order valence-corrected chi connectivity index (χ3v) is 5.97. The molecule has 32 heavy (non-hydrogen) atoms. The van der Waals surface area contributed by atoms with Crippen LogP contribution in [0.5, 0.6) is 0 Å². The monoisotopic (exact) mass is 460 g/mol. The Morgan fingerprint density at radius 2 is 1.44 bits per heavy atom. The van der Waals surface area contributed by atoms with Crippen LogP contribution < -0.4 is 10.6 Å². The van der Waals surface area contributed by atoms with Crippen LogP contribution in [0.1, 0.15) is 45.7 Å². The van der Waals surface area contributed by atoms with Crippen molar-refractivity contribution < 1.29 is 21.3 Å². The minimum Gasteiger partial charge on any atom is -0.412 e. The van der Waals surface area contributed by atoms with E-state index in [9.17, 15) is 14.4 Å². The van der Waals surface area contributed by atoms with Crippen LogP contribution in [0.3, 0.4) is 0 Å². The van der Waals surface area contributed by atoms with Crippen molar-refractivity contribution in [3.63, 3.8) is 0 Å². The SMILES string of the molecule is CCCC(NC(=O)C(CCc1ccccc1)SC(C)=O)C(=O)NCCc1ccccc1.O.[HH]. The number of nitrogens with one attached hydrogen (secondary N) is 2. The molecule has 0 aromatic heterocycles. The molecule has 176 valence electrons. The zero-order valence-corrected chi connectivity index (χ0v) is 19.6. The van der Waals surface area contributed by atoms with E-state index in [4.69, 9.17) is 0 Å². The lowest BCUT2D eigenvalue weighted by Crippen LogP contribution is -2.49. The van der Waals surface area contributed by atoms with Gasteiger partial charge in [0.05, 0.1) is 5.25 Å². The lowest BCUT2D eigenvalue weighted by atomic mass is 10.1. The topological polar surface area (TPSA) is 107 Å². The van der Waals surface area contributed by atoms with Gasteiger partial charge in [-0.25, -0.2) is 0 Å². The highest BCUT2D eigenvalue weighted by molar-refractivity contribution is 8.14. The number of aryl methyl sites for hydroxylation is 1. The van der Waals surface area contributed by atoms with Gasteiger partial charge in [-0.2, -0.15) is 0 Å². The molecule has 2 atom stereocenters. The quantitative estimate of drug-likeness (QED) is 0.506. The fourth-order valence-corrected chi connectivity index (χ4v) is 4.12. The molecule has 2 unspecified atom stereocenters. The summed E-state index contributed by atoms with van der Waals surface area (Å²) in [4.78, 5) is 37.3. The maximum absolute atomic E-state index is 12.9. The normalized spacial score (nSPS) is 12.2. The second-order valence-electron chi connectivity index (χ2n) is 7.50. The largest absolute Gasteiger partial charge is 0.412 e. The van der Waals surface area contributed by atoms with Crippen molar-refractivity contribution >= 4 is 28.7 Å². The van der Waals surface area contributed by atoms with Crippen LogP contribution in [0.25, 0.3) is 0 Å². The molecule has 0 aliphatic rings. The highest BCUT2D eigenvalue weighted by Crippen LogP contribution is 2.19. The summed E-state index contributed by atoms with van der Waals surface area (Å²) in [5, 5.41) is 5.19. The summed E-state index contributed by atoms with van der Waals surface area (Å²) in [7, 11) is 0. The molecular formula is C25H36N2O4S. The predicted octanol–water partition coefficient (Wildman–Crippen LogP) is 3.33. The standard InChI is InChI=1S/C25H32N2O3S.H2O.H2/c1-3-10-22(24(29)26-18-17-21-13-8-5-9-14-21)27-25(30)23(31-19(2)28)16-15-20-11-6-4-7-12-20;;/h4-9,11-14,22-23H,3,10,15-18H2,1-2H3,(H,26,29)(H,27,30);1H2;1H. The molecule has 0 aliphatic carbocycles. The number of thioether (sulfide) groups is 1. The van der Waals surface area contributed by atoms with Crippen molar-refractivity contribution in [1.29, 1.82) is 0 Å². The fraction of sp³-hybridized carbons (Fsp3) is 0.400. The minimum absolute atomic E-state index is 0. The predicted molar refractivity (Wildman–Crippen MR) is 133 cm³/mol. The highest BCUT2D eigenvalue weighted by atomic mass is 32.2. The number of hydrogen-bond donors (Lipinski definition) is 2. The van der Waals surface area contributed by atoms with Crippen LogP contribution in [0.15, 0.2) is 60.7 Å². The first-order valence-electron chi connectivity index (χ1n) is 10.8. The maximum atomic E-state index is 12.9. The van der Waals surface area contributed by atoms with E-state index < -0.39 is 11.3 Å². The number of carbonyl (C=O) groups excluding carboxylic acids is 3. The average Bonchev–Trinajstić information content (AvgIpc) is 2.77. The van der Waals surface area contributed by atoms with E-state index in [-0.39, 0.29) is 23.8 Å².